The van der Waals surface area contributed by atoms with Crippen molar-refractivity contribution in [3.63, 3.8) is 0 Å². The van der Waals surface area contributed by atoms with E-state index in [9.17, 15) is 4.79 Å². The predicted molar refractivity (Wildman–Crippen MR) is 66.3 cm³/mol. The van der Waals surface area contributed by atoms with Crippen molar-refractivity contribution < 1.29 is 9.53 Å². The number of hydrogen-bond donors (Lipinski definition) is 1. The summed E-state index contributed by atoms with van der Waals surface area (Å²) in [5.74, 6) is 0.490. The van der Waals surface area contributed by atoms with Crippen LogP contribution in [0.2, 0.25) is 0 Å². The zero-order valence-electron chi connectivity index (χ0n) is 11.0. The lowest BCUT2D eigenvalue weighted by atomic mass is 10.0. The molecule has 16 heavy (non-hydrogen) atoms. The van der Waals surface area contributed by atoms with Crippen molar-refractivity contribution in [2.75, 3.05) is 0 Å². The molecule has 1 amide bonds. The molecule has 1 N–H and O–H groups in total. The van der Waals surface area contributed by atoms with Crippen molar-refractivity contribution in [2.24, 2.45) is 5.92 Å². The second kappa shape index (κ2) is 6.39. The molecule has 92 valence electrons. The molecular formula is C13H23NO2. The summed E-state index contributed by atoms with van der Waals surface area (Å²) in [4.78, 5) is 11.5. The summed E-state index contributed by atoms with van der Waals surface area (Å²) < 4.78 is 5.18. The van der Waals surface area contributed by atoms with Crippen molar-refractivity contribution in [1.82, 2.24) is 5.32 Å². The van der Waals surface area contributed by atoms with Gasteiger partial charge in [-0.25, -0.2) is 4.79 Å². The molecule has 0 aliphatic rings. The summed E-state index contributed by atoms with van der Waals surface area (Å²) in [7, 11) is 0. The van der Waals surface area contributed by atoms with Crippen LogP contribution in [0, 0.1) is 5.92 Å². The van der Waals surface area contributed by atoms with E-state index in [1.54, 1.807) is 6.08 Å². The molecule has 0 saturated heterocycles. The lowest BCUT2D eigenvalue weighted by Crippen LogP contribution is -2.38. The number of amides is 1. The number of carbonyl (C=O) groups is 1. The summed E-state index contributed by atoms with van der Waals surface area (Å²) in [5, 5.41) is 2.79. The SMILES string of the molecule is C=C=C[C@H](CC(C)C)NC(=O)OC(C)(C)C. The maximum Gasteiger partial charge on any atom is 0.408 e. The fourth-order valence-corrected chi connectivity index (χ4v) is 1.28. The van der Waals surface area contributed by atoms with Gasteiger partial charge in [0.25, 0.3) is 0 Å². The van der Waals surface area contributed by atoms with Crippen molar-refractivity contribution >= 4 is 6.09 Å². The molecule has 0 aliphatic carbocycles. The van der Waals surface area contributed by atoms with Crippen LogP contribution in [-0.4, -0.2) is 17.7 Å². The number of alkyl carbamates (subject to hydrolysis) is 1. The molecule has 0 radical (unpaired) electrons. The minimum atomic E-state index is -0.468. The fraction of sp³-hybridized carbons (Fsp3) is 0.692. The maximum atomic E-state index is 11.5. The van der Waals surface area contributed by atoms with Gasteiger partial charge in [-0.1, -0.05) is 20.4 Å². The van der Waals surface area contributed by atoms with Crippen LogP contribution in [0.3, 0.4) is 0 Å². The van der Waals surface area contributed by atoms with Crippen molar-refractivity contribution in [3.05, 3.63) is 18.4 Å². The average molecular weight is 225 g/mol. The molecule has 0 aromatic carbocycles. The van der Waals surface area contributed by atoms with Crippen LogP contribution >= 0.6 is 0 Å². The van der Waals surface area contributed by atoms with Gasteiger partial charge in [0.15, 0.2) is 0 Å². The first-order valence-corrected chi connectivity index (χ1v) is 5.60. The Morgan fingerprint density at radius 3 is 2.44 bits per heavy atom. The number of nitrogens with one attached hydrogen (secondary N) is 1. The number of ether oxygens (including phenoxy) is 1. The lowest BCUT2D eigenvalue weighted by molar-refractivity contribution is 0.0510. The van der Waals surface area contributed by atoms with E-state index >= 15 is 0 Å². The fourth-order valence-electron chi connectivity index (χ4n) is 1.28. The summed E-state index contributed by atoms with van der Waals surface area (Å²) in [6, 6.07) is -0.0626. The third kappa shape index (κ3) is 8.13. The standard InChI is InChI=1S/C13H23NO2/c1-7-8-11(9-10(2)3)14-12(15)16-13(4,5)6/h8,10-11H,1,9H2,2-6H3,(H,14,15)/t11-/m1/s1. The van der Waals surface area contributed by atoms with Crippen LogP contribution < -0.4 is 5.32 Å². The van der Waals surface area contributed by atoms with E-state index < -0.39 is 11.7 Å². The van der Waals surface area contributed by atoms with Crippen LogP contribution in [0.4, 0.5) is 4.79 Å². The topological polar surface area (TPSA) is 38.3 Å². The first kappa shape index (κ1) is 14.8. The third-order valence-corrected chi connectivity index (χ3v) is 1.75. The molecule has 0 aromatic heterocycles. The van der Waals surface area contributed by atoms with E-state index in [0.29, 0.717) is 5.92 Å². The van der Waals surface area contributed by atoms with E-state index in [4.69, 9.17) is 4.74 Å². The molecule has 0 unspecified atom stereocenters. The molecule has 0 heterocycles. The Morgan fingerprint density at radius 1 is 1.50 bits per heavy atom. The second-order valence-electron chi connectivity index (χ2n) is 5.25. The number of hydrogen-bond acceptors (Lipinski definition) is 2. The van der Waals surface area contributed by atoms with Crippen LogP contribution in [0.15, 0.2) is 18.4 Å². The Kier molecular flexibility index (Phi) is 5.91. The summed E-state index contributed by atoms with van der Waals surface area (Å²) in [6.07, 6.45) is 2.20. The maximum absolute atomic E-state index is 11.5. The molecule has 0 spiro atoms. The quantitative estimate of drug-likeness (QED) is 0.746. The van der Waals surface area contributed by atoms with Gasteiger partial charge in [0.1, 0.15) is 5.60 Å². The van der Waals surface area contributed by atoms with E-state index in [2.05, 4.69) is 31.5 Å². The number of rotatable bonds is 4. The Hall–Kier alpha value is -1.21. The molecule has 3 heteroatoms. The highest BCUT2D eigenvalue weighted by molar-refractivity contribution is 5.68. The lowest BCUT2D eigenvalue weighted by Gasteiger charge is -2.22. The van der Waals surface area contributed by atoms with Crippen LogP contribution in [0.25, 0.3) is 0 Å². The van der Waals surface area contributed by atoms with Gasteiger partial charge < -0.3 is 10.1 Å². The number of carbonyl (C=O) groups excluding carboxylic acids is 1. The Morgan fingerprint density at radius 2 is 2.06 bits per heavy atom. The highest BCUT2D eigenvalue weighted by atomic mass is 16.6. The van der Waals surface area contributed by atoms with E-state index in [1.807, 2.05) is 20.8 Å². The van der Waals surface area contributed by atoms with Gasteiger partial charge in [-0.15, -0.1) is 5.73 Å². The third-order valence-electron chi connectivity index (χ3n) is 1.75. The predicted octanol–water partition coefficient (Wildman–Crippen LogP) is 3.27. The Balaban J connectivity index is 4.29. The zero-order valence-corrected chi connectivity index (χ0v) is 11.0. The monoisotopic (exact) mass is 225 g/mol. The Bertz CT molecular complexity index is 270. The van der Waals surface area contributed by atoms with Crippen molar-refractivity contribution in [2.45, 2.75) is 52.7 Å². The van der Waals surface area contributed by atoms with Gasteiger partial charge in [0.2, 0.25) is 0 Å². The highest BCUT2D eigenvalue weighted by Crippen LogP contribution is 2.09. The van der Waals surface area contributed by atoms with Gasteiger partial charge in [-0.2, -0.15) is 0 Å². The smallest absolute Gasteiger partial charge is 0.408 e. The minimum Gasteiger partial charge on any atom is -0.444 e. The largest absolute Gasteiger partial charge is 0.444 e. The Labute approximate surface area is 98.6 Å². The van der Waals surface area contributed by atoms with Gasteiger partial charge in [-0.05, 0) is 39.2 Å². The molecular weight excluding hydrogens is 202 g/mol. The molecule has 0 rings (SSSR count). The van der Waals surface area contributed by atoms with E-state index in [-0.39, 0.29) is 6.04 Å². The second-order valence-corrected chi connectivity index (χ2v) is 5.25. The first-order valence-electron chi connectivity index (χ1n) is 5.60. The summed E-state index contributed by atoms with van der Waals surface area (Å²) in [6.45, 7) is 13.2. The van der Waals surface area contributed by atoms with Crippen LogP contribution in [0.5, 0.6) is 0 Å². The molecule has 0 saturated carbocycles. The normalized spacial score (nSPS) is 12.9. The minimum absolute atomic E-state index is 0.0626. The van der Waals surface area contributed by atoms with Crippen LogP contribution in [-0.2, 0) is 4.74 Å². The molecule has 0 aromatic rings. The summed E-state index contributed by atoms with van der Waals surface area (Å²) >= 11 is 0. The van der Waals surface area contributed by atoms with Gasteiger partial charge in [-0.3, -0.25) is 0 Å². The molecule has 3 nitrogen and oxygen atoms in total. The molecule has 0 aliphatic heterocycles. The summed E-state index contributed by atoms with van der Waals surface area (Å²) in [5.41, 5.74) is 2.23. The van der Waals surface area contributed by atoms with E-state index in [1.165, 1.54) is 0 Å². The zero-order chi connectivity index (χ0) is 12.8. The van der Waals surface area contributed by atoms with Crippen LogP contribution in [0.1, 0.15) is 41.0 Å². The molecule has 0 bridgehead atoms. The molecule has 1 atom stereocenters. The van der Waals surface area contributed by atoms with Gasteiger partial charge in [0.05, 0.1) is 6.04 Å². The van der Waals surface area contributed by atoms with Crippen molar-refractivity contribution in [1.29, 1.82) is 0 Å². The van der Waals surface area contributed by atoms with Gasteiger partial charge >= 0.3 is 6.09 Å². The van der Waals surface area contributed by atoms with Crippen molar-refractivity contribution in [3.8, 4) is 0 Å². The average Bonchev–Trinajstić information content (AvgIpc) is 1.98. The van der Waals surface area contributed by atoms with E-state index in [0.717, 1.165) is 6.42 Å². The molecule has 0 fully saturated rings. The van der Waals surface area contributed by atoms with Gasteiger partial charge in [0, 0.05) is 0 Å². The highest BCUT2D eigenvalue weighted by Gasteiger charge is 2.18. The first-order chi connectivity index (χ1) is 7.24.